The average molecular weight is 277 g/mol. The number of carbonyl (C=O) groups is 1. The third kappa shape index (κ3) is 3.48. The van der Waals surface area contributed by atoms with E-state index in [4.69, 9.17) is 4.74 Å². The third-order valence-corrected chi connectivity index (χ3v) is 3.72. The minimum atomic E-state index is 0.0740. The number of nitrogens with one attached hydrogen (secondary N) is 1. The van der Waals surface area contributed by atoms with E-state index in [2.05, 4.69) is 10.3 Å². The molecule has 1 N–H and O–H groups in total. The number of carbonyl (C=O) groups excluding carboxylic acids is 1. The number of rotatable bonds is 5. The van der Waals surface area contributed by atoms with E-state index in [1.165, 1.54) is 0 Å². The van der Waals surface area contributed by atoms with Gasteiger partial charge in [-0.1, -0.05) is 0 Å². The van der Waals surface area contributed by atoms with Crippen molar-refractivity contribution in [2.45, 2.75) is 19.8 Å². The number of hydrogen-bond acceptors (Lipinski definition) is 4. The highest BCUT2D eigenvalue weighted by Crippen LogP contribution is 2.21. The van der Waals surface area contributed by atoms with Crippen LogP contribution in [0.2, 0.25) is 0 Å². The molecule has 1 saturated heterocycles. The first-order valence-corrected chi connectivity index (χ1v) is 7.22. The van der Waals surface area contributed by atoms with Crippen molar-refractivity contribution in [2.75, 3.05) is 38.7 Å². The van der Waals surface area contributed by atoms with Crippen LogP contribution in [0.15, 0.2) is 18.5 Å². The van der Waals surface area contributed by atoms with Crippen LogP contribution in [0.25, 0.3) is 0 Å². The van der Waals surface area contributed by atoms with Gasteiger partial charge in [-0.15, -0.1) is 0 Å². The van der Waals surface area contributed by atoms with Crippen molar-refractivity contribution < 1.29 is 9.53 Å². The molecular formula is C15H23N3O2. The summed E-state index contributed by atoms with van der Waals surface area (Å²) >= 11 is 0. The molecule has 110 valence electrons. The minimum absolute atomic E-state index is 0.0740. The van der Waals surface area contributed by atoms with E-state index >= 15 is 0 Å². The molecule has 1 fully saturated rings. The number of hydrogen-bond donors (Lipinski definition) is 1. The van der Waals surface area contributed by atoms with E-state index in [1.54, 1.807) is 19.5 Å². The number of amides is 1. The number of pyridine rings is 1. The third-order valence-electron chi connectivity index (χ3n) is 3.72. The van der Waals surface area contributed by atoms with Crippen LogP contribution in [0.1, 0.15) is 30.1 Å². The molecule has 1 aromatic rings. The molecule has 1 amide bonds. The summed E-state index contributed by atoms with van der Waals surface area (Å²) in [5.41, 5.74) is 1.53. The van der Waals surface area contributed by atoms with Crippen LogP contribution in [0.5, 0.6) is 0 Å². The number of aromatic nitrogens is 1. The predicted molar refractivity (Wildman–Crippen MR) is 78.9 cm³/mol. The summed E-state index contributed by atoms with van der Waals surface area (Å²) in [6, 6.07) is 1.86. The summed E-state index contributed by atoms with van der Waals surface area (Å²) in [6.45, 7) is 5.20. The molecule has 5 heteroatoms. The summed E-state index contributed by atoms with van der Waals surface area (Å²) < 4.78 is 5.19. The number of anilines is 1. The zero-order chi connectivity index (χ0) is 14.4. The summed E-state index contributed by atoms with van der Waals surface area (Å²) in [6.07, 6.45) is 5.38. The lowest BCUT2D eigenvalue weighted by atomic mass is 9.97. The van der Waals surface area contributed by atoms with Crippen LogP contribution in [0.3, 0.4) is 0 Å². The van der Waals surface area contributed by atoms with Crippen molar-refractivity contribution >= 4 is 11.6 Å². The zero-order valence-corrected chi connectivity index (χ0v) is 12.3. The van der Waals surface area contributed by atoms with E-state index in [-0.39, 0.29) is 5.91 Å². The van der Waals surface area contributed by atoms with Crippen LogP contribution in [0.4, 0.5) is 5.69 Å². The first-order valence-electron chi connectivity index (χ1n) is 7.22. The molecule has 0 spiro atoms. The lowest BCUT2D eigenvalue weighted by Gasteiger charge is -2.32. The molecule has 20 heavy (non-hydrogen) atoms. The number of likely N-dealkylation sites (tertiary alicyclic amines) is 1. The van der Waals surface area contributed by atoms with Gasteiger partial charge in [-0.05, 0) is 31.7 Å². The maximum Gasteiger partial charge on any atom is 0.257 e. The van der Waals surface area contributed by atoms with Crippen LogP contribution >= 0.6 is 0 Å². The van der Waals surface area contributed by atoms with Crippen molar-refractivity contribution in [2.24, 2.45) is 5.92 Å². The fraction of sp³-hybridized carbons (Fsp3) is 0.600. The van der Waals surface area contributed by atoms with Crippen molar-refractivity contribution in [3.8, 4) is 0 Å². The number of ether oxygens (including phenoxy) is 1. The Balaban J connectivity index is 2.02. The summed E-state index contributed by atoms with van der Waals surface area (Å²) in [4.78, 5) is 18.6. The molecular weight excluding hydrogens is 254 g/mol. The van der Waals surface area contributed by atoms with E-state index < -0.39 is 0 Å². The van der Waals surface area contributed by atoms with Gasteiger partial charge in [-0.3, -0.25) is 9.78 Å². The number of nitrogens with zero attached hydrogens (tertiary/aromatic N) is 2. The van der Waals surface area contributed by atoms with Gasteiger partial charge in [-0.2, -0.15) is 0 Å². The van der Waals surface area contributed by atoms with Crippen molar-refractivity contribution in [3.05, 3.63) is 24.0 Å². The fourth-order valence-electron chi connectivity index (χ4n) is 2.62. The Labute approximate surface area is 120 Å². The van der Waals surface area contributed by atoms with Gasteiger partial charge in [-0.25, -0.2) is 0 Å². The molecule has 0 bridgehead atoms. The van der Waals surface area contributed by atoms with Crippen LogP contribution in [-0.2, 0) is 4.74 Å². The van der Waals surface area contributed by atoms with Gasteiger partial charge in [0.15, 0.2) is 0 Å². The highest BCUT2D eigenvalue weighted by Gasteiger charge is 2.25. The van der Waals surface area contributed by atoms with Crippen molar-refractivity contribution in [1.82, 2.24) is 9.88 Å². The maximum absolute atomic E-state index is 12.6. The Bertz CT molecular complexity index is 442. The van der Waals surface area contributed by atoms with E-state index in [0.717, 1.165) is 44.8 Å². The second kappa shape index (κ2) is 7.24. The Morgan fingerprint density at radius 1 is 1.50 bits per heavy atom. The Morgan fingerprint density at radius 2 is 2.25 bits per heavy atom. The monoisotopic (exact) mass is 277 g/mol. The molecule has 1 aromatic heterocycles. The fourth-order valence-corrected chi connectivity index (χ4v) is 2.62. The smallest absolute Gasteiger partial charge is 0.257 e. The molecule has 0 saturated carbocycles. The summed E-state index contributed by atoms with van der Waals surface area (Å²) in [7, 11) is 1.73. The highest BCUT2D eigenvalue weighted by molar-refractivity contribution is 5.99. The van der Waals surface area contributed by atoms with Gasteiger partial charge in [0.05, 0.1) is 11.3 Å². The molecule has 5 nitrogen and oxygen atoms in total. The lowest BCUT2D eigenvalue weighted by Crippen LogP contribution is -2.39. The molecule has 1 aliphatic heterocycles. The molecule has 0 aromatic carbocycles. The zero-order valence-electron chi connectivity index (χ0n) is 12.3. The summed E-state index contributed by atoms with van der Waals surface area (Å²) in [5, 5.41) is 3.22. The van der Waals surface area contributed by atoms with Crippen molar-refractivity contribution in [3.63, 3.8) is 0 Å². The van der Waals surface area contributed by atoms with Gasteiger partial charge >= 0.3 is 0 Å². The average Bonchev–Trinajstić information content (AvgIpc) is 2.49. The van der Waals surface area contributed by atoms with Crippen LogP contribution in [0, 0.1) is 5.92 Å². The minimum Gasteiger partial charge on any atom is -0.385 e. The highest BCUT2D eigenvalue weighted by atomic mass is 16.5. The second-order valence-corrected chi connectivity index (χ2v) is 5.14. The van der Waals surface area contributed by atoms with E-state index in [1.807, 2.05) is 17.9 Å². The SMILES string of the molecule is CCNc1ccncc1C(=O)N1CCC(COC)CC1. The Morgan fingerprint density at radius 3 is 2.90 bits per heavy atom. The molecule has 2 heterocycles. The van der Waals surface area contributed by atoms with Gasteiger partial charge in [0.2, 0.25) is 0 Å². The van der Waals surface area contributed by atoms with E-state index in [9.17, 15) is 4.79 Å². The molecule has 0 radical (unpaired) electrons. The first kappa shape index (κ1) is 14.8. The molecule has 0 aliphatic carbocycles. The maximum atomic E-state index is 12.6. The van der Waals surface area contributed by atoms with Gasteiger partial charge < -0.3 is 15.0 Å². The second-order valence-electron chi connectivity index (χ2n) is 5.14. The van der Waals surface area contributed by atoms with Crippen LogP contribution < -0.4 is 5.32 Å². The van der Waals surface area contributed by atoms with Crippen LogP contribution in [-0.4, -0.2) is 49.1 Å². The van der Waals surface area contributed by atoms with Gasteiger partial charge in [0, 0.05) is 45.7 Å². The number of methoxy groups -OCH3 is 1. The summed E-state index contributed by atoms with van der Waals surface area (Å²) in [5.74, 6) is 0.649. The Hall–Kier alpha value is -1.62. The normalized spacial score (nSPS) is 16.2. The van der Waals surface area contributed by atoms with E-state index in [0.29, 0.717) is 11.5 Å². The lowest BCUT2D eigenvalue weighted by molar-refractivity contribution is 0.0614. The topological polar surface area (TPSA) is 54.5 Å². The number of piperidine rings is 1. The largest absolute Gasteiger partial charge is 0.385 e. The Kier molecular flexibility index (Phi) is 5.35. The van der Waals surface area contributed by atoms with Crippen molar-refractivity contribution in [1.29, 1.82) is 0 Å². The first-order chi connectivity index (χ1) is 9.76. The van der Waals surface area contributed by atoms with Gasteiger partial charge in [0.25, 0.3) is 5.91 Å². The molecule has 1 aliphatic rings. The molecule has 0 atom stereocenters. The molecule has 2 rings (SSSR count). The predicted octanol–water partition coefficient (Wildman–Crippen LogP) is 2.01. The quantitative estimate of drug-likeness (QED) is 0.894. The van der Waals surface area contributed by atoms with Gasteiger partial charge in [0.1, 0.15) is 0 Å². The standard InChI is InChI=1S/C15H23N3O2/c1-3-17-14-4-7-16-10-13(14)15(19)18-8-5-12(6-9-18)11-20-2/h4,7,10,12H,3,5-6,8-9,11H2,1-2H3,(H,16,17). The molecule has 0 unspecified atom stereocenters.